The quantitative estimate of drug-likeness (QED) is 0.362. The van der Waals surface area contributed by atoms with Crippen molar-refractivity contribution in [3.8, 4) is 0 Å². The Morgan fingerprint density at radius 3 is 2.14 bits per heavy atom. The third kappa shape index (κ3) is 10.8. The molecule has 0 amide bonds. The Hall–Kier alpha value is 0.690. The van der Waals surface area contributed by atoms with E-state index in [1.165, 1.54) is 51.4 Å². The maximum absolute atomic E-state index is 8.68. The summed E-state index contributed by atoms with van der Waals surface area (Å²) >= 11 is 2.52. The van der Waals surface area contributed by atoms with Crippen molar-refractivity contribution < 1.29 is 5.11 Å². The zero-order valence-electron chi connectivity index (χ0n) is 9.47. The van der Waals surface area contributed by atoms with E-state index in [1.54, 1.807) is 0 Å². The molecule has 0 saturated carbocycles. The highest BCUT2D eigenvalue weighted by Crippen LogP contribution is 2.17. The third-order valence-electron chi connectivity index (χ3n) is 2.55. The summed E-state index contributed by atoms with van der Waals surface area (Å²) in [6.45, 7) is 2.62. The topological polar surface area (TPSA) is 20.2 Å². The highest BCUT2D eigenvalue weighted by molar-refractivity contribution is 14.1. The fourth-order valence-electron chi connectivity index (χ4n) is 1.60. The van der Waals surface area contributed by atoms with E-state index >= 15 is 0 Å². The molecule has 0 heterocycles. The molecule has 0 bridgehead atoms. The van der Waals surface area contributed by atoms with Crippen molar-refractivity contribution in [2.75, 3.05) is 6.61 Å². The molecule has 14 heavy (non-hydrogen) atoms. The summed E-state index contributed by atoms with van der Waals surface area (Å²) in [4.78, 5) is 0. The van der Waals surface area contributed by atoms with Gasteiger partial charge in [-0.3, -0.25) is 0 Å². The van der Waals surface area contributed by atoms with E-state index in [2.05, 4.69) is 29.5 Å². The molecule has 0 fully saturated rings. The fourth-order valence-corrected chi connectivity index (χ4v) is 2.48. The summed E-state index contributed by atoms with van der Waals surface area (Å²) in [5, 5.41) is 8.68. The van der Waals surface area contributed by atoms with Crippen molar-refractivity contribution in [1.29, 1.82) is 0 Å². The van der Waals surface area contributed by atoms with Gasteiger partial charge in [0, 0.05) is 10.5 Å². The van der Waals surface area contributed by atoms with Gasteiger partial charge in [-0.15, -0.1) is 0 Å². The molecule has 86 valence electrons. The molecule has 0 saturated heterocycles. The monoisotopic (exact) mass is 312 g/mol. The summed E-state index contributed by atoms with van der Waals surface area (Å²) in [6.07, 6.45) is 11.9. The predicted octanol–water partition coefficient (Wildman–Crippen LogP) is 4.31. The van der Waals surface area contributed by atoms with Gasteiger partial charge in [-0.25, -0.2) is 0 Å². The standard InChI is InChI=1S/C12H25IO/c1-2-3-4-5-6-7-9-12(13)10-8-11-14/h12,14H,2-11H2,1H3. The van der Waals surface area contributed by atoms with Crippen molar-refractivity contribution in [3.05, 3.63) is 0 Å². The fraction of sp³-hybridized carbons (Fsp3) is 1.00. The Bertz CT molecular complexity index is 106. The molecule has 0 rings (SSSR count). The van der Waals surface area contributed by atoms with Crippen LogP contribution < -0.4 is 0 Å². The molecule has 0 aliphatic carbocycles. The summed E-state index contributed by atoms with van der Waals surface area (Å²) in [5.74, 6) is 0. The Balaban J connectivity index is 3.02. The van der Waals surface area contributed by atoms with Crippen molar-refractivity contribution in [2.45, 2.75) is 68.6 Å². The maximum Gasteiger partial charge on any atom is 0.0431 e. The van der Waals surface area contributed by atoms with Crippen molar-refractivity contribution >= 4 is 22.6 Å². The minimum Gasteiger partial charge on any atom is -0.396 e. The van der Waals surface area contributed by atoms with Gasteiger partial charge in [0.1, 0.15) is 0 Å². The number of alkyl halides is 1. The molecule has 1 atom stereocenters. The lowest BCUT2D eigenvalue weighted by Crippen LogP contribution is -1.99. The Morgan fingerprint density at radius 1 is 0.929 bits per heavy atom. The normalized spacial score (nSPS) is 13.1. The molecule has 2 heteroatoms. The molecule has 1 N–H and O–H groups in total. The van der Waals surface area contributed by atoms with Gasteiger partial charge in [0.05, 0.1) is 0 Å². The van der Waals surface area contributed by atoms with Gasteiger partial charge in [0.25, 0.3) is 0 Å². The summed E-state index contributed by atoms with van der Waals surface area (Å²) in [6, 6.07) is 0. The molecule has 0 aromatic heterocycles. The van der Waals surface area contributed by atoms with Crippen molar-refractivity contribution in [3.63, 3.8) is 0 Å². The molecule has 0 aromatic rings. The first-order valence-corrected chi connectivity index (χ1v) is 7.30. The van der Waals surface area contributed by atoms with Crippen LogP contribution in [-0.2, 0) is 0 Å². The van der Waals surface area contributed by atoms with Gasteiger partial charge in [-0.05, 0) is 19.3 Å². The molecular weight excluding hydrogens is 287 g/mol. The average molecular weight is 312 g/mol. The van der Waals surface area contributed by atoms with Crippen LogP contribution in [0.2, 0.25) is 0 Å². The van der Waals surface area contributed by atoms with Crippen LogP contribution in [0, 0.1) is 0 Å². The van der Waals surface area contributed by atoms with Gasteiger partial charge in [0.2, 0.25) is 0 Å². The van der Waals surface area contributed by atoms with E-state index in [0.29, 0.717) is 6.61 Å². The number of rotatable bonds is 10. The Morgan fingerprint density at radius 2 is 1.50 bits per heavy atom. The van der Waals surface area contributed by atoms with Gasteiger partial charge >= 0.3 is 0 Å². The smallest absolute Gasteiger partial charge is 0.0431 e. The van der Waals surface area contributed by atoms with Crippen LogP contribution in [0.4, 0.5) is 0 Å². The number of hydrogen-bond acceptors (Lipinski definition) is 1. The maximum atomic E-state index is 8.68. The number of aliphatic hydroxyl groups excluding tert-OH is 1. The van der Waals surface area contributed by atoms with Crippen LogP contribution in [0.1, 0.15) is 64.7 Å². The zero-order valence-corrected chi connectivity index (χ0v) is 11.6. The first kappa shape index (κ1) is 14.7. The summed E-state index contributed by atoms with van der Waals surface area (Å²) in [7, 11) is 0. The van der Waals surface area contributed by atoms with Crippen molar-refractivity contribution in [1.82, 2.24) is 0 Å². The van der Waals surface area contributed by atoms with Crippen LogP contribution in [0.5, 0.6) is 0 Å². The van der Waals surface area contributed by atoms with Gasteiger partial charge < -0.3 is 5.11 Å². The SMILES string of the molecule is CCCCCCCCC(I)CCCO. The second-order valence-electron chi connectivity index (χ2n) is 4.02. The Kier molecular flexibility index (Phi) is 12.3. The van der Waals surface area contributed by atoms with Crippen LogP contribution in [0.3, 0.4) is 0 Å². The summed E-state index contributed by atoms with van der Waals surface area (Å²) < 4.78 is 0.783. The summed E-state index contributed by atoms with van der Waals surface area (Å²) in [5.41, 5.74) is 0. The lowest BCUT2D eigenvalue weighted by atomic mass is 10.1. The minimum atomic E-state index is 0.357. The number of aliphatic hydroxyl groups is 1. The third-order valence-corrected chi connectivity index (χ3v) is 3.79. The molecule has 0 radical (unpaired) electrons. The van der Waals surface area contributed by atoms with E-state index in [4.69, 9.17) is 5.11 Å². The predicted molar refractivity (Wildman–Crippen MR) is 72.1 cm³/mol. The first-order valence-electron chi connectivity index (χ1n) is 6.06. The van der Waals surface area contributed by atoms with E-state index in [0.717, 1.165) is 10.3 Å². The van der Waals surface area contributed by atoms with Crippen LogP contribution in [0.25, 0.3) is 0 Å². The zero-order chi connectivity index (χ0) is 10.6. The van der Waals surface area contributed by atoms with E-state index in [-0.39, 0.29) is 0 Å². The number of halogens is 1. The van der Waals surface area contributed by atoms with E-state index in [1.807, 2.05) is 0 Å². The second kappa shape index (κ2) is 11.8. The van der Waals surface area contributed by atoms with Gasteiger partial charge in [0.15, 0.2) is 0 Å². The first-order chi connectivity index (χ1) is 6.81. The minimum absolute atomic E-state index is 0.357. The van der Waals surface area contributed by atoms with Crippen LogP contribution in [-0.4, -0.2) is 15.6 Å². The molecule has 0 aliphatic heterocycles. The van der Waals surface area contributed by atoms with E-state index in [9.17, 15) is 0 Å². The highest BCUT2D eigenvalue weighted by atomic mass is 127. The molecular formula is C12H25IO. The largest absolute Gasteiger partial charge is 0.396 e. The van der Waals surface area contributed by atoms with Gasteiger partial charge in [-0.1, -0.05) is 68.0 Å². The van der Waals surface area contributed by atoms with Crippen molar-refractivity contribution in [2.24, 2.45) is 0 Å². The van der Waals surface area contributed by atoms with Crippen LogP contribution >= 0.6 is 22.6 Å². The number of unbranched alkanes of at least 4 members (excludes halogenated alkanes) is 5. The van der Waals surface area contributed by atoms with Gasteiger partial charge in [-0.2, -0.15) is 0 Å². The van der Waals surface area contributed by atoms with E-state index < -0.39 is 0 Å². The molecule has 0 aromatic carbocycles. The molecule has 1 nitrogen and oxygen atoms in total. The lowest BCUT2D eigenvalue weighted by molar-refractivity contribution is 0.284. The lowest BCUT2D eigenvalue weighted by Gasteiger charge is -2.08. The molecule has 0 aliphatic rings. The highest BCUT2D eigenvalue weighted by Gasteiger charge is 2.02. The Labute approximate surface area is 103 Å². The second-order valence-corrected chi connectivity index (χ2v) is 5.78. The average Bonchev–Trinajstić information content (AvgIpc) is 2.20. The molecule has 0 spiro atoms. The van der Waals surface area contributed by atoms with Crippen LogP contribution in [0.15, 0.2) is 0 Å². The molecule has 1 unspecified atom stereocenters. The number of hydrogen-bond donors (Lipinski definition) is 1.